The van der Waals surface area contributed by atoms with Crippen LogP contribution in [0.2, 0.25) is 0 Å². The fourth-order valence-corrected chi connectivity index (χ4v) is 3.66. The highest BCUT2D eigenvalue weighted by Gasteiger charge is 2.30. The van der Waals surface area contributed by atoms with E-state index in [0.717, 1.165) is 25.6 Å². The first kappa shape index (κ1) is 19.2. The highest BCUT2D eigenvalue weighted by atomic mass is 35.5. The average Bonchev–Trinajstić information content (AvgIpc) is 2.88. The number of rotatable bonds is 5. The van der Waals surface area contributed by atoms with E-state index >= 15 is 0 Å². The van der Waals surface area contributed by atoms with Crippen LogP contribution in [0.5, 0.6) is 0 Å². The third-order valence-corrected chi connectivity index (χ3v) is 5.09. The second-order valence-electron chi connectivity index (χ2n) is 7.83. The second kappa shape index (κ2) is 8.71. The molecule has 2 rings (SSSR count). The van der Waals surface area contributed by atoms with E-state index < -0.39 is 0 Å². The van der Waals surface area contributed by atoms with Gasteiger partial charge >= 0.3 is 0 Å². The third-order valence-electron chi connectivity index (χ3n) is 5.09. The van der Waals surface area contributed by atoms with E-state index in [1.165, 1.54) is 38.5 Å². The molecule has 126 valence electrons. The molecule has 0 radical (unpaired) electrons. The monoisotopic (exact) mass is 318 g/mol. The molecule has 0 aromatic carbocycles. The first-order valence-corrected chi connectivity index (χ1v) is 8.47. The average molecular weight is 319 g/mol. The summed E-state index contributed by atoms with van der Waals surface area (Å²) in [5, 5.41) is 10.1. The van der Waals surface area contributed by atoms with Gasteiger partial charge in [0.25, 0.3) is 0 Å². The molecule has 0 aromatic rings. The topological polar surface area (TPSA) is 32.7 Å². The number of hydrogen-bond donors (Lipinski definition) is 1. The summed E-state index contributed by atoms with van der Waals surface area (Å²) in [4.78, 5) is 2.35. The van der Waals surface area contributed by atoms with E-state index in [2.05, 4.69) is 25.7 Å². The van der Waals surface area contributed by atoms with Crippen LogP contribution < -0.4 is 12.4 Å². The van der Waals surface area contributed by atoms with E-state index in [9.17, 15) is 5.11 Å². The molecular weight excluding hydrogens is 286 g/mol. The van der Waals surface area contributed by atoms with Crippen molar-refractivity contribution < 1.29 is 22.3 Å². The Balaban J connectivity index is 0.00000220. The Morgan fingerprint density at radius 2 is 1.67 bits per heavy atom. The van der Waals surface area contributed by atoms with Crippen LogP contribution in [0.1, 0.15) is 59.3 Å². The molecule has 3 nitrogen and oxygen atoms in total. The second-order valence-corrected chi connectivity index (χ2v) is 7.83. The zero-order valence-corrected chi connectivity index (χ0v) is 14.7. The number of aliphatic hydroxyl groups is 1. The van der Waals surface area contributed by atoms with Gasteiger partial charge in [0.1, 0.15) is 0 Å². The lowest BCUT2D eigenvalue weighted by atomic mass is 9.72. The predicted octanol–water partition coefficient (Wildman–Crippen LogP) is 0.0686. The van der Waals surface area contributed by atoms with Crippen LogP contribution in [0.25, 0.3) is 0 Å². The molecule has 1 aliphatic carbocycles. The van der Waals surface area contributed by atoms with Crippen LogP contribution in [0.15, 0.2) is 0 Å². The Morgan fingerprint density at radius 3 is 2.19 bits per heavy atom. The first-order chi connectivity index (χ1) is 9.45. The van der Waals surface area contributed by atoms with Gasteiger partial charge in [0.2, 0.25) is 0 Å². The minimum absolute atomic E-state index is 0. The summed E-state index contributed by atoms with van der Waals surface area (Å²) in [7, 11) is 0. The number of halogens is 1. The zero-order valence-electron chi connectivity index (χ0n) is 14.0. The number of ether oxygens (including phenoxy) is 1. The molecule has 0 spiro atoms. The van der Waals surface area contributed by atoms with Gasteiger partial charge in [0.05, 0.1) is 18.8 Å². The summed E-state index contributed by atoms with van der Waals surface area (Å²) in [5.74, 6) is 0.830. The number of β-amino-alcohol motifs (C(OH)–C–C–N with tert-alkyl or cyclic N) is 1. The molecule has 1 atom stereocenters. The van der Waals surface area contributed by atoms with Crippen molar-refractivity contribution in [2.24, 2.45) is 11.3 Å². The Hall–Kier alpha value is 0.170. The summed E-state index contributed by atoms with van der Waals surface area (Å²) >= 11 is 0. The molecule has 0 bridgehead atoms. The summed E-state index contributed by atoms with van der Waals surface area (Å²) in [6, 6.07) is 0. The Morgan fingerprint density at radius 1 is 1.10 bits per heavy atom. The summed E-state index contributed by atoms with van der Waals surface area (Å²) in [6.45, 7) is 10.6. The minimum Gasteiger partial charge on any atom is -1.00 e. The van der Waals surface area contributed by atoms with E-state index in [1.54, 1.807) is 0 Å². The highest BCUT2D eigenvalue weighted by Crippen LogP contribution is 2.38. The molecule has 1 saturated heterocycles. The molecule has 21 heavy (non-hydrogen) atoms. The van der Waals surface area contributed by atoms with Crippen LogP contribution in [-0.4, -0.2) is 48.5 Å². The Bertz CT molecular complexity index is 279. The molecule has 1 N–H and O–H groups in total. The largest absolute Gasteiger partial charge is 1.00 e. The van der Waals surface area contributed by atoms with Crippen molar-refractivity contribution in [1.29, 1.82) is 0 Å². The molecule has 2 aliphatic rings. The van der Waals surface area contributed by atoms with Crippen LogP contribution in [0, 0.1) is 11.3 Å². The molecule has 1 saturated carbocycles. The third kappa shape index (κ3) is 6.43. The molecular formula is C17H33ClNO2-. The van der Waals surface area contributed by atoms with E-state index in [-0.39, 0.29) is 18.5 Å². The summed E-state index contributed by atoms with van der Waals surface area (Å²) < 4.78 is 5.94. The van der Waals surface area contributed by atoms with Gasteiger partial charge in [-0.3, -0.25) is 0 Å². The van der Waals surface area contributed by atoms with E-state index in [1.807, 2.05) is 0 Å². The molecule has 1 aliphatic heterocycles. The molecule has 2 fully saturated rings. The fourth-order valence-electron chi connectivity index (χ4n) is 3.66. The van der Waals surface area contributed by atoms with E-state index in [0.29, 0.717) is 18.1 Å². The minimum atomic E-state index is -0.312. The van der Waals surface area contributed by atoms with Crippen LogP contribution >= 0.6 is 0 Å². The molecule has 0 amide bonds. The molecule has 0 aromatic heterocycles. The normalized spacial score (nSPS) is 29.1. The lowest BCUT2D eigenvalue weighted by molar-refractivity contribution is -0.0429. The summed E-state index contributed by atoms with van der Waals surface area (Å²) in [5.41, 5.74) is 0.431. The Kier molecular flexibility index (Phi) is 7.97. The fraction of sp³-hybridized carbons (Fsp3) is 1.00. The number of likely N-dealkylation sites (tertiary alicyclic amines) is 1. The van der Waals surface area contributed by atoms with Gasteiger partial charge in [-0.1, -0.05) is 20.8 Å². The summed E-state index contributed by atoms with van der Waals surface area (Å²) in [6.07, 6.45) is 7.51. The SMILES string of the molecule is CC(C)(C)C1CCC(OCC(O)CN2CCCC2)CC1.[Cl-]. The van der Waals surface area contributed by atoms with Crippen molar-refractivity contribution in [3.8, 4) is 0 Å². The molecule has 4 heteroatoms. The maximum atomic E-state index is 10.1. The van der Waals surface area contributed by atoms with Crippen molar-refractivity contribution in [2.75, 3.05) is 26.2 Å². The number of nitrogens with zero attached hydrogens (tertiary/aromatic N) is 1. The van der Waals surface area contributed by atoms with Crippen LogP contribution in [0.4, 0.5) is 0 Å². The molecule has 1 unspecified atom stereocenters. The van der Waals surface area contributed by atoms with Crippen LogP contribution in [-0.2, 0) is 4.74 Å². The maximum absolute atomic E-state index is 10.1. The smallest absolute Gasteiger partial charge is 0.0900 e. The highest BCUT2D eigenvalue weighted by molar-refractivity contribution is 4.81. The Labute approximate surface area is 136 Å². The number of aliphatic hydroxyl groups excluding tert-OH is 1. The maximum Gasteiger partial charge on any atom is 0.0900 e. The molecule has 1 heterocycles. The predicted molar refractivity (Wildman–Crippen MR) is 82.8 cm³/mol. The van der Waals surface area contributed by atoms with E-state index in [4.69, 9.17) is 4.74 Å². The van der Waals surface area contributed by atoms with Gasteiger partial charge in [0, 0.05) is 6.54 Å². The zero-order chi connectivity index (χ0) is 14.6. The van der Waals surface area contributed by atoms with Crippen molar-refractivity contribution >= 4 is 0 Å². The van der Waals surface area contributed by atoms with Crippen molar-refractivity contribution in [3.63, 3.8) is 0 Å². The van der Waals surface area contributed by atoms with Gasteiger partial charge in [-0.15, -0.1) is 0 Å². The van der Waals surface area contributed by atoms with Gasteiger partial charge in [-0.05, 0) is 62.9 Å². The first-order valence-electron chi connectivity index (χ1n) is 8.47. The van der Waals surface area contributed by atoms with Crippen molar-refractivity contribution in [1.82, 2.24) is 4.90 Å². The van der Waals surface area contributed by atoms with Gasteiger partial charge < -0.3 is 27.2 Å². The standard InChI is InChI=1S/C17H33NO2.ClH/c1-17(2,3)14-6-8-16(9-7-14)20-13-15(19)12-18-10-4-5-11-18;/h14-16,19H,4-13H2,1-3H3;1H/p-1. The quantitative estimate of drug-likeness (QED) is 0.778. The lowest BCUT2D eigenvalue weighted by Gasteiger charge is -2.37. The lowest BCUT2D eigenvalue weighted by Crippen LogP contribution is -3.00. The van der Waals surface area contributed by atoms with Crippen molar-refractivity contribution in [2.45, 2.75) is 71.5 Å². The van der Waals surface area contributed by atoms with Gasteiger partial charge in [-0.2, -0.15) is 0 Å². The van der Waals surface area contributed by atoms with Crippen molar-refractivity contribution in [3.05, 3.63) is 0 Å². The van der Waals surface area contributed by atoms with Gasteiger partial charge in [-0.25, -0.2) is 0 Å². The van der Waals surface area contributed by atoms with Crippen LogP contribution in [0.3, 0.4) is 0 Å². The van der Waals surface area contributed by atoms with Gasteiger partial charge in [0.15, 0.2) is 0 Å². The number of hydrogen-bond acceptors (Lipinski definition) is 3.